The third-order valence-electron chi connectivity index (χ3n) is 2.89. The van der Waals surface area contributed by atoms with Gasteiger partial charge >= 0.3 is 0 Å². The normalized spacial score (nSPS) is 13.8. The summed E-state index contributed by atoms with van der Waals surface area (Å²) in [5.74, 6) is 0.487. The van der Waals surface area contributed by atoms with Crippen molar-refractivity contribution in [2.24, 2.45) is 0 Å². The average Bonchev–Trinajstić information content (AvgIpc) is 2.43. The topological polar surface area (TPSA) is 76.7 Å². The van der Waals surface area contributed by atoms with E-state index < -0.39 is 6.10 Å². The van der Waals surface area contributed by atoms with Crippen LogP contribution in [0.5, 0.6) is 5.75 Å². The Balaban J connectivity index is 2.36. The third kappa shape index (κ3) is 6.02. The molecule has 1 rings (SSSR count). The van der Waals surface area contributed by atoms with E-state index in [1.807, 2.05) is 18.0 Å². The van der Waals surface area contributed by atoms with Gasteiger partial charge in [-0.15, -0.1) is 0 Å². The summed E-state index contributed by atoms with van der Waals surface area (Å²) in [6, 6.07) is 8.99. The van der Waals surface area contributed by atoms with Crippen molar-refractivity contribution in [3.8, 4) is 11.8 Å². The van der Waals surface area contributed by atoms with Crippen LogP contribution in [0.4, 0.5) is 0 Å². The van der Waals surface area contributed by atoms with E-state index in [1.165, 1.54) is 0 Å². The Labute approximate surface area is 120 Å². The van der Waals surface area contributed by atoms with Crippen LogP contribution in [0.2, 0.25) is 0 Å². The number of nitrogens with zero attached hydrogens (tertiary/aromatic N) is 2. The van der Waals surface area contributed by atoms with Crippen LogP contribution in [0, 0.1) is 11.3 Å². The van der Waals surface area contributed by atoms with E-state index in [4.69, 9.17) is 10.00 Å². The molecule has 0 saturated heterocycles. The van der Waals surface area contributed by atoms with E-state index in [9.17, 15) is 10.2 Å². The molecule has 2 unspecified atom stereocenters. The van der Waals surface area contributed by atoms with Gasteiger partial charge in [-0.3, -0.25) is 0 Å². The van der Waals surface area contributed by atoms with Crippen molar-refractivity contribution in [1.29, 1.82) is 5.26 Å². The lowest BCUT2D eigenvalue weighted by atomic mass is 10.2. The molecule has 0 aromatic heterocycles. The van der Waals surface area contributed by atoms with Crippen LogP contribution in [0.15, 0.2) is 24.3 Å². The summed E-state index contributed by atoms with van der Waals surface area (Å²) < 4.78 is 5.47. The molecule has 20 heavy (non-hydrogen) atoms. The van der Waals surface area contributed by atoms with Crippen molar-refractivity contribution < 1.29 is 14.9 Å². The highest BCUT2D eigenvalue weighted by atomic mass is 16.5. The van der Waals surface area contributed by atoms with Crippen LogP contribution in [0.1, 0.15) is 18.9 Å². The maximum absolute atomic E-state index is 9.90. The molecular formula is C15H22N2O3. The van der Waals surface area contributed by atoms with E-state index in [2.05, 4.69) is 0 Å². The Kier molecular flexibility index (Phi) is 7.02. The molecule has 0 spiro atoms. The van der Waals surface area contributed by atoms with Gasteiger partial charge in [-0.05, 0) is 32.5 Å². The number of rotatable bonds is 8. The Hall–Kier alpha value is -1.61. The standard InChI is InChI=1S/C15H22N2O3/c1-12(18)7-8-17(2)10-14(19)11-20-15-6-4-3-5-13(15)9-16/h3-6,12,14,18-19H,7-8,10-11H2,1-2H3. The van der Waals surface area contributed by atoms with E-state index in [0.29, 0.717) is 30.8 Å². The number of likely N-dealkylation sites (N-methyl/N-ethyl adjacent to an activating group) is 1. The number of hydrogen-bond acceptors (Lipinski definition) is 5. The summed E-state index contributed by atoms with van der Waals surface area (Å²) in [4.78, 5) is 1.94. The van der Waals surface area contributed by atoms with Crippen LogP contribution in [0.25, 0.3) is 0 Å². The van der Waals surface area contributed by atoms with Crippen LogP contribution < -0.4 is 4.74 Å². The van der Waals surface area contributed by atoms with Gasteiger partial charge in [-0.25, -0.2) is 0 Å². The van der Waals surface area contributed by atoms with E-state index >= 15 is 0 Å². The molecule has 0 radical (unpaired) electrons. The first-order valence-electron chi connectivity index (χ1n) is 6.69. The molecule has 0 saturated carbocycles. The molecule has 0 aliphatic rings. The molecule has 0 aliphatic heterocycles. The minimum Gasteiger partial charge on any atom is -0.489 e. The highest BCUT2D eigenvalue weighted by Gasteiger charge is 2.11. The van der Waals surface area contributed by atoms with E-state index in [0.717, 1.165) is 0 Å². The molecule has 0 aliphatic carbocycles. The Morgan fingerprint density at radius 1 is 1.35 bits per heavy atom. The Morgan fingerprint density at radius 2 is 2.05 bits per heavy atom. The highest BCUT2D eigenvalue weighted by molar-refractivity contribution is 5.42. The van der Waals surface area contributed by atoms with Crippen LogP contribution >= 0.6 is 0 Å². The number of aliphatic hydroxyl groups excluding tert-OH is 2. The zero-order chi connectivity index (χ0) is 15.0. The second kappa shape index (κ2) is 8.54. The molecule has 0 bridgehead atoms. The van der Waals surface area contributed by atoms with Crippen LogP contribution in [-0.4, -0.2) is 54.1 Å². The largest absolute Gasteiger partial charge is 0.489 e. The van der Waals surface area contributed by atoms with Crippen molar-refractivity contribution in [2.45, 2.75) is 25.6 Å². The number of para-hydroxylation sites is 1. The quantitative estimate of drug-likeness (QED) is 0.742. The summed E-state index contributed by atoms with van der Waals surface area (Å²) in [7, 11) is 1.88. The summed E-state index contributed by atoms with van der Waals surface area (Å²) in [6.07, 6.45) is -0.310. The van der Waals surface area contributed by atoms with Gasteiger partial charge in [0, 0.05) is 13.1 Å². The molecule has 1 aromatic rings. The summed E-state index contributed by atoms with van der Waals surface area (Å²) in [5, 5.41) is 28.0. The number of benzene rings is 1. The molecule has 1 aromatic carbocycles. The summed E-state index contributed by atoms with van der Waals surface area (Å²) in [6.45, 7) is 3.05. The van der Waals surface area contributed by atoms with Crippen LogP contribution in [0.3, 0.4) is 0 Å². The average molecular weight is 278 g/mol. The SMILES string of the molecule is CC(O)CCN(C)CC(O)COc1ccccc1C#N. The molecular weight excluding hydrogens is 256 g/mol. The van der Waals surface area contributed by atoms with Crippen molar-refractivity contribution in [3.05, 3.63) is 29.8 Å². The predicted molar refractivity (Wildman–Crippen MR) is 76.5 cm³/mol. The van der Waals surface area contributed by atoms with E-state index in [1.54, 1.807) is 31.2 Å². The number of hydrogen-bond donors (Lipinski definition) is 2. The van der Waals surface area contributed by atoms with Crippen molar-refractivity contribution in [2.75, 3.05) is 26.7 Å². The molecule has 2 atom stereocenters. The monoisotopic (exact) mass is 278 g/mol. The van der Waals surface area contributed by atoms with Gasteiger partial charge in [0.1, 0.15) is 24.5 Å². The molecule has 0 amide bonds. The fraction of sp³-hybridized carbons (Fsp3) is 0.533. The molecule has 0 heterocycles. The van der Waals surface area contributed by atoms with Gasteiger partial charge in [-0.2, -0.15) is 5.26 Å². The molecule has 5 nitrogen and oxygen atoms in total. The van der Waals surface area contributed by atoms with Gasteiger partial charge in [-0.1, -0.05) is 12.1 Å². The third-order valence-corrected chi connectivity index (χ3v) is 2.89. The van der Waals surface area contributed by atoms with Gasteiger partial charge in [0.05, 0.1) is 11.7 Å². The molecule has 5 heteroatoms. The second-order valence-corrected chi connectivity index (χ2v) is 4.97. The summed E-state index contributed by atoms with van der Waals surface area (Å²) in [5.41, 5.74) is 0.460. The zero-order valence-corrected chi connectivity index (χ0v) is 12.0. The summed E-state index contributed by atoms with van der Waals surface area (Å²) >= 11 is 0. The maximum Gasteiger partial charge on any atom is 0.137 e. The zero-order valence-electron chi connectivity index (χ0n) is 12.0. The van der Waals surface area contributed by atoms with Crippen molar-refractivity contribution in [1.82, 2.24) is 4.90 Å². The molecule has 2 N–H and O–H groups in total. The minimum absolute atomic E-state index is 0.137. The molecule has 110 valence electrons. The first kappa shape index (κ1) is 16.4. The van der Waals surface area contributed by atoms with Gasteiger partial charge < -0.3 is 19.8 Å². The van der Waals surface area contributed by atoms with Crippen molar-refractivity contribution >= 4 is 0 Å². The van der Waals surface area contributed by atoms with Crippen LogP contribution in [-0.2, 0) is 0 Å². The number of ether oxygens (including phenoxy) is 1. The second-order valence-electron chi connectivity index (χ2n) is 4.97. The van der Waals surface area contributed by atoms with Crippen molar-refractivity contribution in [3.63, 3.8) is 0 Å². The fourth-order valence-electron chi connectivity index (χ4n) is 1.78. The van der Waals surface area contributed by atoms with Gasteiger partial charge in [0.15, 0.2) is 0 Å². The van der Waals surface area contributed by atoms with E-state index in [-0.39, 0.29) is 12.7 Å². The lowest BCUT2D eigenvalue weighted by Crippen LogP contribution is -2.34. The predicted octanol–water partition coefficient (Wildman–Crippen LogP) is 1.00. The Morgan fingerprint density at radius 3 is 2.70 bits per heavy atom. The highest BCUT2D eigenvalue weighted by Crippen LogP contribution is 2.16. The lowest BCUT2D eigenvalue weighted by molar-refractivity contribution is 0.0707. The number of aliphatic hydroxyl groups is 2. The first-order valence-corrected chi connectivity index (χ1v) is 6.69. The smallest absolute Gasteiger partial charge is 0.137 e. The minimum atomic E-state index is -0.638. The fourth-order valence-corrected chi connectivity index (χ4v) is 1.78. The number of nitriles is 1. The lowest BCUT2D eigenvalue weighted by Gasteiger charge is -2.21. The molecule has 0 fully saturated rings. The Bertz CT molecular complexity index is 443. The maximum atomic E-state index is 9.90. The van der Waals surface area contributed by atoms with Gasteiger partial charge in [0.25, 0.3) is 0 Å². The first-order chi connectivity index (χ1) is 9.52. The van der Waals surface area contributed by atoms with Gasteiger partial charge in [0.2, 0.25) is 0 Å².